The smallest absolute Gasteiger partial charge is 0.193 e. The fourth-order valence-corrected chi connectivity index (χ4v) is 4.88. The van der Waals surface area contributed by atoms with Crippen LogP contribution in [0.3, 0.4) is 0 Å². The van der Waals surface area contributed by atoms with Crippen molar-refractivity contribution in [3.8, 4) is 0 Å². The second-order valence-electron chi connectivity index (χ2n) is 7.99. The second-order valence-corrected chi connectivity index (χ2v) is 8.84. The molecule has 0 amide bonds. The molecule has 3 aromatic carbocycles. The Morgan fingerprint density at radius 2 is 1.69 bits per heavy atom. The molecule has 0 saturated heterocycles. The summed E-state index contributed by atoms with van der Waals surface area (Å²) in [4.78, 5) is 26.0. The predicted molar refractivity (Wildman–Crippen MR) is 129 cm³/mol. The molecule has 0 unspecified atom stereocenters. The molecule has 5 rings (SSSR count). The first kappa shape index (κ1) is 20.8. The number of rotatable bonds is 3. The van der Waals surface area contributed by atoms with E-state index in [1.54, 1.807) is 30.3 Å². The number of anilines is 2. The van der Waals surface area contributed by atoms with Gasteiger partial charge in [-0.1, -0.05) is 59.6 Å². The summed E-state index contributed by atoms with van der Waals surface area (Å²) >= 11 is 12.6. The molecule has 0 radical (unpaired) electrons. The highest BCUT2D eigenvalue weighted by Crippen LogP contribution is 2.43. The molecule has 160 valence electrons. The van der Waals surface area contributed by atoms with Crippen molar-refractivity contribution in [3.05, 3.63) is 105 Å². The fraction of sp³-hybridized carbons (Fsp3) is 0.154. The highest BCUT2D eigenvalue weighted by atomic mass is 35.5. The predicted octanol–water partition coefficient (Wildman–Crippen LogP) is 6.81. The molecule has 6 heteroatoms. The average molecular weight is 463 g/mol. The van der Waals surface area contributed by atoms with Gasteiger partial charge in [-0.15, -0.1) is 0 Å². The second kappa shape index (κ2) is 8.45. The van der Waals surface area contributed by atoms with Gasteiger partial charge in [0.25, 0.3) is 0 Å². The number of carbonyl (C=O) groups is 2. The Morgan fingerprint density at radius 1 is 0.875 bits per heavy atom. The van der Waals surface area contributed by atoms with E-state index in [4.69, 9.17) is 23.2 Å². The topological polar surface area (TPSA) is 58.2 Å². The van der Waals surface area contributed by atoms with Crippen LogP contribution in [0, 0.1) is 0 Å². The van der Waals surface area contributed by atoms with Gasteiger partial charge in [-0.25, -0.2) is 0 Å². The summed E-state index contributed by atoms with van der Waals surface area (Å²) in [6.45, 7) is 0. The number of Topliss-reactive ketones (excluding diaryl/α,β-unsaturated/α-hetero) is 1. The van der Waals surface area contributed by atoms with Gasteiger partial charge >= 0.3 is 0 Å². The van der Waals surface area contributed by atoms with Crippen LogP contribution in [0.4, 0.5) is 11.4 Å². The van der Waals surface area contributed by atoms with Gasteiger partial charge in [-0.2, -0.15) is 0 Å². The zero-order valence-corrected chi connectivity index (χ0v) is 18.6. The van der Waals surface area contributed by atoms with E-state index in [1.807, 2.05) is 36.4 Å². The highest BCUT2D eigenvalue weighted by molar-refractivity contribution is 6.35. The van der Waals surface area contributed by atoms with E-state index in [0.29, 0.717) is 33.2 Å². The van der Waals surface area contributed by atoms with Crippen LogP contribution in [0.25, 0.3) is 0 Å². The number of ketones is 2. The number of allylic oxidation sites excluding steroid dienone is 1. The van der Waals surface area contributed by atoms with Crippen molar-refractivity contribution < 1.29 is 9.59 Å². The molecule has 1 atom stereocenters. The molecular formula is C26H20Cl2N2O2. The fourth-order valence-electron chi connectivity index (χ4n) is 4.36. The normalized spacial score (nSPS) is 17.6. The molecule has 32 heavy (non-hydrogen) atoms. The number of hydrogen-bond donors (Lipinski definition) is 2. The molecule has 3 aromatic rings. The van der Waals surface area contributed by atoms with E-state index in [0.717, 1.165) is 35.5 Å². The van der Waals surface area contributed by atoms with Gasteiger partial charge in [-0.05, 0) is 48.7 Å². The van der Waals surface area contributed by atoms with Gasteiger partial charge in [0.2, 0.25) is 0 Å². The van der Waals surface area contributed by atoms with Gasteiger partial charge < -0.3 is 10.6 Å². The van der Waals surface area contributed by atoms with Crippen LogP contribution in [0.15, 0.2) is 78.0 Å². The monoisotopic (exact) mass is 462 g/mol. The highest BCUT2D eigenvalue weighted by Gasteiger charge is 2.33. The molecule has 1 heterocycles. The summed E-state index contributed by atoms with van der Waals surface area (Å²) in [5.74, 6) is 0.0429. The Balaban J connectivity index is 1.60. The zero-order chi connectivity index (χ0) is 22.2. The lowest BCUT2D eigenvalue weighted by atomic mass is 9.86. The minimum Gasteiger partial charge on any atom is -0.372 e. The molecule has 0 saturated carbocycles. The van der Waals surface area contributed by atoms with Gasteiger partial charge in [0.05, 0.1) is 17.4 Å². The maximum absolute atomic E-state index is 13.0. The number of fused-ring (bicyclic) bond motifs is 1. The quantitative estimate of drug-likeness (QED) is 0.419. The minimum atomic E-state index is -0.410. The van der Waals surface area contributed by atoms with Crippen molar-refractivity contribution in [1.29, 1.82) is 0 Å². The molecular weight excluding hydrogens is 443 g/mol. The van der Waals surface area contributed by atoms with E-state index in [9.17, 15) is 9.59 Å². The van der Waals surface area contributed by atoms with Gasteiger partial charge in [0, 0.05) is 38.9 Å². The van der Waals surface area contributed by atoms with Crippen LogP contribution in [-0.2, 0) is 4.79 Å². The number of halogens is 2. The van der Waals surface area contributed by atoms with Crippen molar-refractivity contribution >= 4 is 46.1 Å². The van der Waals surface area contributed by atoms with Crippen molar-refractivity contribution in [2.24, 2.45) is 0 Å². The van der Waals surface area contributed by atoms with Crippen molar-refractivity contribution in [1.82, 2.24) is 0 Å². The van der Waals surface area contributed by atoms with Crippen molar-refractivity contribution in [2.75, 3.05) is 10.6 Å². The van der Waals surface area contributed by atoms with Crippen LogP contribution >= 0.6 is 23.2 Å². The Morgan fingerprint density at radius 3 is 2.47 bits per heavy atom. The number of benzene rings is 3. The minimum absolute atomic E-state index is 0.0503. The average Bonchev–Trinajstić information content (AvgIpc) is 2.96. The van der Waals surface area contributed by atoms with Gasteiger partial charge in [-0.3, -0.25) is 9.59 Å². The first-order chi connectivity index (χ1) is 15.5. The molecule has 0 aromatic heterocycles. The summed E-state index contributed by atoms with van der Waals surface area (Å²) in [6.07, 6.45) is 2.03. The third kappa shape index (κ3) is 3.81. The molecule has 2 aliphatic rings. The number of hydrogen-bond acceptors (Lipinski definition) is 4. The summed E-state index contributed by atoms with van der Waals surface area (Å²) in [5.41, 5.74) is 5.12. The zero-order valence-electron chi connectivity index (χ0n) is 17.1. The lowest BCUT2D eigenvalue weighted by Gasteiger charge is -2.26. The third-order valence-electron chi connectivity index (χ3n) is 5.92. The molecule has 1 aliphatic heterocycles. The van der Waals surface area contributed by atoms with E-state index in [-0.39, 0.29) is 11.6 Å². The maximum atomic E-state index is 13.0. The summed E-state index contributed by atoms with van der Waals surface area (Å²) in [5, 5.41) is 7.98. The first-order valence-electron chi connectivity index (χ1n) is 10.5. The summed E-state index contributed by atoms with van der Waals surface area (Å²) in [7, 11) is 0. The van der Waals surface area contributed by atoms with E-state index in [2.05, 4.69) is 10.6 Å². The summed E-state index contributed by atoms with van der Waals surface area (Å²) in [6, 6.07) is 19.6. The Hall–Kier alpha value is -3.08. The Labute approximate surface area is 196 Å². The molecule has 1 aliphatic carbocycles. The molecule has 2 N–H and O–H groups in total. The van der Waals surface area contributed by atoms with Crippen LogP contribution in [-0.4, -0.2) is 11.6 Å². The van der Waals surface area contributed by atoms with E-state index in [1.165, 1.54) is 0 Å². The molecule has 4 nitrogen and oxygen atoms in total. The number of carbonyl (C=O) groups excluding carboxylic acids is 2. The SMILES string of the molecule is O=C1CCCC2=C1[C@@H](c1ccc(Cl)cc1Cl)Nc1ccc(C(=O)c3ccccc3)cc1N2. The van der Waals surface area contributed by atoms with Gasteiger partial charge in [0.15, 0.2) is 11.6 Å². The van der Waals surface area contributed by atoms with Crippen LogP contribution < -0.4 is 10.6 Å². The number of nitrogens with one attached hydrogen (secondary N) is 2. The van der Waals surface area contributed by atoms with E-state index < -0.39 is 6.04 Å². The Kier molecular flexibility index (Phi) is 5.50. The van der Waals surface area contributed by atoms with Crippen LogP contribution in [0.2, 0.25) is 10.0 Å². The Bertz CT molecular complexity index is 1270. The molecule has 0 spiro atoms. The first-order valence-corrected chi connectivity index (χ1v) is 11.3. The maximum Gasteiger partial charge on any atom is 0.193 e. The largest absolute Gasteiger partial charge is 0.372 e. The van der Waals surface area contributed by atoms with Crippen LogP contribution in [0.1, 0.15) is 46.8 Å². The van der Waals surface area contributed by atoms with Crippen molar-refractivity contribution in [3.63, 3.8) is 0 Å². The molecule has 0 fully saturated rings. The lowest BCUT2D eigenvalue weighted by molar-refractivity contribution is -0.116. The standard InChI is InChI=1S/C26H20Cl2N2O2/c27-17-10-11-18(19(28)14-17)25-24-21(7-4-8-23(24)31)29-22-13-16(9-12-20(22)30-25)26(32)15-5-2-1-3-6-15/h1-3,5-6,9-14,25,29-30H,4,7-8H2/t25-/m1/s1. The van der Waals surface area contributed by atoms with E-state index >= 15 is 0 Å². The lowest BCUT2D eigenvalue weighted by Crippen LogP contribution is -2.23. The third-order valence-corrected chi connectivity index (χ3v) is 6.48. The molecule has 0 bridgehead atoms. The van der Waals surface area contributed by atoms with Gasteiger partial charge in [0.1, 0.15) is 0 Å². The van der Waals surface area contributed by atoms with Crippen molar-refractivity contribution in [2.45, 2.75) is 25.3 Å². The van der Waals surface area contributed by atoms with Crippen LogP contribution in [0.5, 0.6) is 0 Å². The summed E-state index contributed by atoms with van der Waals surface area (Å²) < 4.78 is 0.